The molecule has 0 saturated carbocycles. The Hall–Kier alpha value is -1.57. The fourth-order valence-corrected chi connectivity index (χ4v) is 4.69. The van der Waals surface area contributed by atoms with Gasteiger partial charge in [-0.2, -0.15) is 0 Å². The van der Waals surface area contributed by atoms with Gasteiger partial charge < -0.3 is 4.42 Å². The van der Waals surface area contributed by atoms with E-state index in [9.17, 15) is 0 Å². The van der Waals surface area contributed by atoms with Crippen LogP contribution in [0.5, 0.6) is 0 Å². The molecule has 2 nitrogen and oxygen atoms in total. The Bertz CT molecular complexity index is 781. The molecule has 1 unspecified atom stereocenters. The zero-order valence-electron chi connectivity index (χ0n) is 15.7. The number of rotatable bonds is 1. The van der Waals surface area contributed by atoms with Crippen LogP contribution in [-0.2, 0) is 17.3 Å². The monoisotopic (exact) mass is 323 g/mol. The molecule has 0 aliphatic heterocycles. The van der Waals surface area contributed by atoms with Crippen LogP contribution in [0.2, 0.25) is 0 Å². The SMILES string of the molecule is Cc1nc2c(o1)CCCC2c1ccc2c(c1)C(C)(C)CCC2(C)C. The van der Waals surface area contributed by atoms with Gasteiger partial charge in [0.2, 0.25) is 0 Å². The minimum Gasteiger partial charge on any atom is -0.446 e. The minimum atomic E-state index is 0.262. The molecule has 1 atom stereocenters. The standard InChI is InChI=1S/C22H29NO/c1-14-23-20-16(7-6-8-19(20)24-14)15-9-10-17-18(13-15)22(4,5)12-11-21(17,2)3/h9-10,13,16H,6-8,11-12H2,1-5H3. The molecule has 4 rings (SSSR count). The summed E-state index contributed by atoms with van der Waals surface area (Å²) >= 11 is 0. The second-order valence-corrected chi connectivity index (χ2v) is 9.06. The van der Waals surface area contributed by atoms with Gasteiger partial charge in [0.25, 0.3) is 0 Å². The number of nitrogens with zero attached hydrogens (tertiary/aromatic N) is 1. The van der Waals surface area contributed by atoms with Crippen molar-refractivity contribution in [3.63, 3.8) is 0 Å². The van der Waals surface area contributed by atoms with Crippen LogP contribution in [0.4, 0.5) is 0 Å². The number of hydrogen-bond donors (Lipinski definition) is 0. The van der Waals surface area contributed by atoms with Crippen LogP contribution in [0.15, 0.2) is 22.6 Å². The first-order chi connectivity index (χ1) is 11.3. The Kier molecular flexibility index (Phi) is 3.46. The van der Waals surface area contributed by atoms with Crippen LogP contribution in [-0.4, -0.2) is 4.98 Å². The first-order valence-corrected chi connectivity index (χ1v) is 9.39. The lowest BCUT2D eigenvalue weighted by Gasteiger charge is -2.42. The lowest BCUT2D eigenvalue weighted by Crippen LogP contribution is -2.34. The molecule has 2 aromatic rings. The molecule has 128 valence electrons. The van der Waals surface area contributed by atoms with Crippen molar-refractivity contribution in [2.75, 3.05) is 0 Å². The lowest BCUT2D eigenvalue weighted by atomic mass is 9.62. The maximum atomic E-state index is 5.83. The van der Waals surface area contributed by atoms with Gasteiger partial charge in [-0.15, -0.1) is 0 Å². The van der Waals surface area contributed by atoms with Gasteiger partial charge in [0.05, 0.1) is 5.69 Å². The van der Waals surface area contributed by atoms with Crippen LogP contribution in [0.1, 0.15) is 93.3 Å². The smallest absolute Gasteiger partial charge is 0.191 e. The summed E-state index contributed by atoms with van der Waals surface area (Å²) in [5.41, 5.74) is 6.24. The Morgan fingerprint density at radius 1 is 1.04 bits per heavy atom. The Labute approximate surface area is 145 Å². The van der Waals surface area contributed by atoms with Gasteiger partial charge in [-0.25, -0.2) is 4.98 Å². The first kappa shape index (κ1) is 15.9. The topological polar surface area (TPSA) is 26.0 Å². The second-order valence-electron chi connectivity index (χ2n) is 9.06. The number of benzene rings is 1. The van der Waals surface area contributed by atoms with E-state index in [-0.39, 0.29) is 10.8 Å². The molecule has 0 spiro atoms. The molecule has 2 aliphatic carbocycles. The maximum absolute atomic E-state index is 5.83. The molecule has 0 N–H and O–H groups in total. The van der Waals surface area contributed by atoms with Crippen molar-refractivity contribution >= 4 is 0 Å². The van der Waals surface area contributed by atoms with Crippen LogP contribution in [0.25, 0.3) is 0 Å². The van der Waals surface area contributed by atoms with Crippen molar-refractivity contribution < 1.29 is 4.42 Å². The highest BCUT2D eigenvalue weighted by atomic mass is 16.4. The molecule has 24 heavy (non-hydrogen) atoms. The van der Waals surface area contributed by atoms with Crippen LogP contribution < -0.4 is 0 Å². The zero-order valence-corrected chi connectivity index (χ0v) is 15.7. The molecule has 2 heteroatoms. The summed E-state index contributed by atoms with van der Waals surface area (Å²) in [4.78, 5) is 4.72. The Morgan fingerprint density at radius 2 is 1.75 bits per heavy atom. The highest BCUT2D eigenvalue weighted by Gasteiger charge is 2.38. The summed E-state index contributed by atoms with van der Waals surface area (Å²) in [5, 5.41) is 0. The predicted molar refractivity (Wildman–Crippen MR) is 97.7 cm³/mol. The normalized spacial score (nSPS) is 24.3. The number of aryl methyl sites for hydroxylation is 2. The summed E-state index contributed by atoms with van der Waals surface area (Å²) in [6.07, 6.45) is 5.94. The zero-order chi connectivity index (χ0) is 17.1. The van der Waals surface area contributed by atoms with Gasteiger partial charge in [0.15, 0.2) is 5.89 Å². The van der Waals surface area contributed by atoms with E-state index >= 15 is 0 Å². The average molecular weight is 323 g/mol. The fourth-order valence-electron chi connectivity index (χ4n) is 4.69. The molecule has 0 fully saturated rings. The summed E-state index contributed by atoms with van der Waals surface area (Å²) in [6.45, 7) is 11.5. The highest BCUT2D eigenvalue weighted by molar-refractivity contribution is 5.46. The van der Waals surface area contributed by atoms with E-state index in [0.717, 1.165) is 18.1 Å². The molecule has 0 radical (unpaired) electrons. The van der Waals surface area contributed by atoms with E-state index in [1.807, 2.05) is 6.92 Å². The summed E-state index contributed by atoms with van der Waals surface area (Å²) in [7, 11) is 0. The van der Waals surface area contributed by atoms with Crippen LogP contribution in [0, 0.1) is 6.92 Å². The molecule has 2 aliphatic rings. The third-order valence-corrected chi connectivity index (χ3v) is 6.34. The van der Waals surface area contributed by atoms with Gasteiger partial charge in [0, 0.05) is 19.3 Å². The lowest BCUT2D eigenvalue weighted by molar-refractivity contribution is 0.331. The van der Waals surface area contributed by atoms with E-state index in [1.54, 1.807) is 5.56 Å². The van der Waals surface area contributed by atoms with Crippen molar-refractivity contribution in [2.24, 2.45) is 0 Å². The van der Waals surface area contributed by atoms with E-state index in [0.29, 0.717) is 5.92 Å². The largest absolute Gasteiger partial charge is 0.446 e. The first-order valence-electron chi connectivity index (χ1n) is 9.39. The summed E-state index contributed by atoms with van der Waals surface area (Å²) in [5.74, 6) is 2.32. The molecule has 0 amide bonds. The van der Waals surface area contributed by atoms with Crippen molar-refractivity contribution in [1.29, 1.82) is 0 Å². The number of hydrogen-bond acceptors (Lipinski definition) is 2. The molecular weight excluding hydrogens is 294 g/mol. The van der Waals surface area contributed by atoms with E-state index in [2.05, 4.69) is 45.9 Å². The third kappa shape index (κ3) is 2.42. The fraction of sp³-hybridized carbons (Fsp3) is 0.591. The minimum absolute atomic E-state index is 0.262. The van der Waals surface area contributed by atoms with Crippen molar-refractivity contribution in [3.8, 4) is 0 Å². The number of aromatic nitrogens is 1. The van der Waals surface area contributed by atoms with E-state index in [4.69, 9.17) is 9.40 Å². The maximum Gasteiger partial charge on any atom is 0.191 e. The van der Waals surface area contributed by atoms with Crippen LogP contribution in [0.3, 0.4) is 0 Å². The van der Waals surface area contributed by atoms with Gasteiger partial charge in [0.1, 0.15) is 5.76 Å². The average Bonchev–Trinajstić information content (AvgIpc) is 2.91. The van der Waals surface area contributed by atoms with Gasteiger partial charge in [-0.1, -0.05) is 45.9 Å². The summed E-state index contributed by atoms with van der Waals surface area (Å²) in [6, 6.07) is 7.23. The molecule has 1 aromatic heterocycles. The number of oxazole rings is 1. The molecule has 0 bridgehead atoms. The third-order valence-electron chi connectivity index (χ3n) is 6.34. The number of fused-ring (bicyclic) bond motifs is 2. The van der Waals surface area contributed by atoms with Gasteiger partial charge in [-0.05, 0) is 53.2 Å². The molecule has 1 heterocycles. The summed E-state index contributed by atoms with van der Waals surface area (Å²) < 4.78 is 5.83. The Balaban J connectivity index is 1.82. The molecular formula is C22H29NO. The van der Waals surface area contributed by atoms with Crippen LogP contribution >= 0.6 is 0 Å². The second kappa shape index (κ2) is 5.21. The van der Waals surface area contributed by atoms with E-state index in [1.165, 1.54) is 42.5 Å². The predicted octanol–water partition coefficient (Wildman–Crippen LogP) is 5.80. The highest BCUT2D eigenvalue weighted by Crippen LogP contribution is 2.47. The Morgan fingerprint density at radius 3 is 2.50 bits per heavy atom. The van der Waals surface area contributed by atoms with Crippen molar-refractivity contribution in [2.45, 2.75) is 83.5 Å². The van der Waals surface area contributed by atoms with Crippen molar-refractivity contribution in [1.82, 2.24) is 4.98 Å². The molecule has 1 aromatic carbocycles. The quantitative estimate of drug-likeness (QED) is 0.663. The van der Waals surface area contributed by atoms with Gasteiger partial charge >= 0.3 is 0 Å². The van der Waals surface area contributed by atoms with Crippen molar-refractivity contribution in [3.05, 3.63) is 52.2 Å². The van der Waals surface area contributed by atoms with E-state index < -0.39 is 0 Å². The molecule has 0 saturated heterocycles. The van der Waals surface area contributed by atoms with Gasteiger partial charge in [-0.3, -0.25) is 0 Å².